The molecule has 2 N–H and O–H groups in total. The first kappa shape index (κ1) is 16.9. The van der Waals surface area contributed by atoms with Crippen LogP contribution in [0.1, 0.15) is 22.3 Å². The second kappa shape index (κ2) is 8.22. The average Bonchev–Trinajstić information content (AvgIpc) is 2.56. The molecule has 0 atom stereocenters. The minimum Gasteiger partial charge on any atom is -0.496 e. The standard InChI is InChI=1S/C19H25N3O/c1-14-7-5-6-8-17(14)13-22-19(20-3)21-12-16-9-10-18(23-4)15(2)11-16/h5-11H,12-13H2,1-4H3,(H2,20,21,22). The van der Waals surface area contributed by atoms with Crippen molar-refractivity contribution in [3.8, 4) is 5.75 Å². The van der Waals surface area contributed by atoms with E-state index in [-0.39, 0.29) is 0 Å². The minimum absolute atomic E-state index is 0.721. The van der Waals surface area contributed by atoms with E-state index in [1.807, 2.05) is 13.0 Å². The lowest BCUT2D eigenvalue weighted by atomic mass is 10.1. The van der Waals surface area contributed by atoms with Crippen LogP contribution in [0.3, 0.4) is 0 Å². The topological polar surface area (TPSA) is 45.7 Å². The van der Waals surface area contributed by atoms with Gasteiger partial charge in [-0.2, -0.15) is 0 Å². The monoisotopic (exact) mass is 311 g/mol. The molecule has 0 radical (unpaired) electrons. The number of nitrogens with one attached hydrogen (secondary N) is 2. The Morgan fingerprint density at radius 1 is 1.00 bits per heavy atom. The Kier molecular flexibility index (Phi) is 6.03. The van der Waals surface area contributed by atoms with Crippen LogP contribution in [0.25, 0.3) is 0 Å². The summed E-state index contributed by atoms with van der Waals surface area (Å²) in [6.07, 6.45) is 0. The molecule has 4 nitrogen and oxygen atoms in total. The number of hydrogen-bond acceptors (Lipinski definition) is 2. The Morgan fingerprint density at radius 2 is 1.74 bits per heavy atom. The van der Waals surface area contributed by atoms with Crippen LogP contribution in [-0.4, -0.2) is 20.1 Å². The average molecular weight is 311 g/mol. The Bertz CT molecular complexity index is 680. The summed E-state index contributed by atoms with van der Waals surface area (Å²) in [5.41, 5.74) is 4.88. The molecule has 2 rings (SSSR count). The second-order valence-electron chi connectivity index (χ2n) is 5.51. The Hall–Kier alpha value is -2.49. The van der Waals surface area contributed by atoms with E-state index in [1.54, 1.807) is 14.2 Å². The zero-order chi connectivity index (χ0) is 16.7. The number of ether oxygens (including phenoxy) is 1. The molecule has 0 heterocycles. The number of rotatable bonds is 5. The van der Waals surface area contributed by atoms with E-state index in [0.29, 0.717) is 0 Å². The van der Waals surface area contributed by atoms with Gasteiger partial charge in [-0.05, 0) is 42.2 Å². The summed E-state index contributed by atoms with van der Waals surface area (Å²) >= 11 is 0. The Balaban J connectivity index is 1.90. The van der Waals surface area contributed by atoms with Crippen molar-refractivity contribution in [2.45, 2.75) is 26.9 Å². The van der Waals surface area contributed by atoms with Gasteiger partial charge >= 0.3 is 0 Å². The highest BCUT2D eigenvalue weighted by Gasteiger charge is 2.03. The van der Waals surface area contributed by atoms with Gasteiger partial charge in [0, 0.05) is 20.1 Å². The van der Waals surface area contributed by atoms with Crippen LogP contribution in [0.5, 0.6) is 5.75 Å². The largest absolute Gasteiger partial charge is 0.496 e. The van der Waals surface area contributed by atoms with Crippen molar-refractivity contribution >= 4 is 5.96 Å². The van der Waals surface area contributed by atoms with Crippen LogP contribution in [0.2, 0.25) is 0 Å². The van der Waals surface area contributed by atoms with E-state index in [2.05, 4.69) is 58.9 Å². The lowest BCUT2D eigenvalue weighted by molar-refractivity contribution is 0.411. The van der Waals surface area contributed by atoms with Gasteiger partial charge in [-0.25, -0.2) is 0 Å². The van der Waals surface area contributed by atoms with Crippen LogP contribution in [0, 0.1) is 13.8 Å². The molecule has 0 amide bonds. The number of benzene rings is 2. The number of methoxy groups -OCH3 is 1. The Labute approximate surface area is 138 Å². The zero-order valence-electron chi connectivity index (χ0n) is 14.3. The van der Waals surface area contributed by atoms with Gasteiger partial charge in [-0.3, -0.25) is 4.99 Å². The molecule has 23 heavy (non-hydrogen) atoms. The molecule has 2 aromatic rings. The zero-order valence-corrected chi connectivity index (χ0v) is 14.3. The van der Waals surface area contributed by atoms with Gasteiger partial charge in [0.1, 0.15) is 5.75 Å². The molecular weight excluding hydrogens is 286 g/mol. The van der Waals surface area contributed by atoms with E-state index in [4.69, 9.17) is 4.74 Å². The van der Waals surface area contributed by atoms with Crippen molar-refractivity contribution in [1.29, 1.82) is 0 Å². The molecule has 0 unspecified atom stereocenters. The van der Waals surface area contributed by atoms with E-state index < -0.39 is 0 Å². The number of nitrogens with zero attached hydrogens (tertiary/aromatic N) is 1. The van der Waals surface area contributed by atoms with Crippen LogP contribution in [0.15, 0.2) is 47.5 Å². The van der Waals surface area contributed by atoms with Gasteiger partial charge in [0.25, 0.3) is 0 Å². The fourth-order valence-electron chi connectivity index (χ4n) is 2.44. The van der Waals surface area contributed by atoms with Crippen molar-refractivity contribution in [3.63, 3.8) is 0 Å². The normalized spacial score (nSPS) is 11.2. The number of aliphatic imine (C=N–C) groups is 1. The number of guanidine groups is 1. The van der Waals surface area contributed by atoms with Gasteiger partial charge < -0.3 is 15.4 Å². The summed E-state index contributed by atoms with van der Waals surface area (Å²) in [7, 11) is 3.48. The maximum absolute atomic E-state index is 5.29. The highest BCUT2D eigenvalue weighted by atomic mass is 16.5. The summed E-state index contributed by atoms with van der Waals surface area (Å²) in [4.78, 5) is 4.27. The lowest BCUT2D eigenvalue weighted by Crippen LogP contribution is -2.36. The second-order valence-corrected chi connectivity index (χ2v) is 5.51. The number of aryl methyl sites for hydroxylation is 2. The number of hydrogen-bond donors (Lipinski definition) is 2. The molecule has 2 aromatic carbocycles. The van der Waals surface area contributed by atoms with Gasteiger partial charge in [-0.15, -0.1) is 0 Å². The van der Waals surface area contributed by atoms with Gasteiger partial charge in [-0.1, -0.05) is 36.4 Å². The summed E-state index contributed by atoms with van der Waals surface area (Å²) < 4.78 is 5.29. The summed E-state index contributed by atoms with van der Waals surface area (Å²) in [5.74, 6) is 1.71. The third-order valence-corrected chi connectivity index (χ3v) is 3.85. The molecule has 0 aromatic heterocycles. The molecule has 0 aliphatic rings. The van der Waals surface area contributed by atoms with Crippen molar-refractivity contribution in [2.75, 3.05) is 14.2 Å². The van der Waals surface area contributed by atoms with Crippen LogP contribution in [-0.2, 0) is 13.1 Å². The van der Waals surface area contributed by atoms with Crippen LogP contribution in [0.4, 0.5) is 0 Å². The first-order chi connectivity index (χ1) is 11.1. The van der Waals surface area contributed by atoms with Gasteiger partial charge in [0.2, 0.25) is 0 Å². The first-order valence-corrected chi connectivity index (χ1v) is 7.76. The molecule has 122 valence electrons. The Morgan fingerprint density at radius 3 is 2.39 bits per heavy atom. The van der Waals surface area contributed by atoms with Crippen molar-refractivity contribution in [1.82, 2.24) is 10.6 Å². The minimum atomic E-state index is 0.721. The van der Waals surface area contributed by atoms with Crippen molar-refractivity contribution in [3.05, 3.63) is 64.7 Å². The maximum Gasteiger partial charge on any atom is 0.191 e. The lowest BCUT2D eigenvalue weighted by Gasteiger charge is -2.14. The maximum atomic E-state index is 5.29. The highest BCUT2D eigenvalue weighted by Crippen LogP contribution is 2.18. The van der Waals surface area contributed by atoms with Crippen LogP contribution < -0.4 is 15.4 Å². The smallest absolute Gasteiger partial charge is 0.191 e. The predicted octanol–water partition coefficient (Wildman–Crippen LogP) is 3.18. The van der Waals surface area contributed by atoms with E-state index in [1.165, 1.54) is 16.7 Å². The molecule has 0 saturated heterocycles. The first-order valence-electron chi connectivity index (χ1n) is 7.76. The molecule has 0 spiro atoms. The van der Waals surface area contributed by atoms with Gasteiger partial charge in [0.15, 0.2) is 5.96 Å². The van der Waals surface area contributed by atoms with E-state index in [9.17, 15) is 0 Å². The fraction of sp³-hybridized carbons (Fsp3) is 0.316. The summed E-state index contributed by atoms with van der Waals surface area (Å²) in [6, 6.07) is 14.5. The molecule has 0 aliphatic heterocycles. The fourth-order valence-corrected chi connectivity index (χ4v) is 2.44. The predicted molar refractivity (Wildman–Crippen MR) is 95.9 cm³/mol. The van der Waals surface area contributed by atoms with E-state index in [0.717, 1.165) is 30.4 Å². The van der Waals surface area contributed by atoms with Crippen LogP contribution >= 0.6 is 0 Å². The molecule has 0 saturated carbocycles. The van der Waals surface area contributed by atoms with E-state index >= 15 is 0 Å². The third kappa shape index (κ3) is 4.74. The SMILES string of the molecule is CN=C(NCc1ccc(OC)c(C)c1)NCc1ccccc1C. The molecule has 0 fully saturated rings. The molecule has 0 aliphatic carbocycles. The van der Waals surface area contributed by atoms with Crippen molar-refractivity contribution in [2.24, 2.45) is 4.99 Å². The van der Waals surface area contributed by atoms with Crippen molar-refractivity contribution < 1.29 is 4.74 Å². The van der Waals surface area contributed by atoms with Gasteiger partial charge in [0.05, 0.1) is 7.11 Å². The summed E-state index contributed by atoms with van der Waals surface area (Å²) in [5, 5.41) is 6.69. The quantitative estimate of drug-likeness (QED) is 0.658. The third-order valence-electron chi connectivity index (χ3n) is 3.85. The molecule has 4 heteroatoms. The highest BCUT2D eigenvalue weighted by molar-refractivity contribution is 5.79. The summed E-state index contributed by atoms with van der Waals surface area (Å²) in [6.45, 7) is 5.65. The molecular formula is C19H25N3O. The molecule has 0 bridgehead atoms.